The van der Waals surface area contributed by atoms with Crippen LogP contribution in [0.2, 0.25) is 0 Å². The van der Waals surface area contributed by atoms with E-state index >= 15 is 0 Å². The quantitative estimate of drug-likeness (QED) is 0.844. The van der Waals surface area contributed by atoms with Crippen molar-refractivity contribution in [3.8, 4) is 0 Å². The molecule has 1 aromatic rings. The summed E-state index contributed by atoms with van der Waals surface area (Å²) in [5.41, 5.74) is 15.9. The lowest BCUT2D eigenvalue weighted by molar-refractivity contribution is 0.612. The van der Waals surface area contributed by atoms with E-state index in [-0.39, 0.29) is 30.9 Å². The first-order chi connectivity index (χ1) is 7.74. The van der Waals surface area contributed by atoms with Crippen molar-refractivity contribution in [1.29, 1.82) is 0 Å². The molecule has 1 aromatic carbocycles. The Hall–Kier alpha value is -0.280. The van der Waals surface area contributed by atoms with Gasteiger partial charge in [0.15, 0.2) is 0 Å². The van der Waals surface area contributed by atoms with Crippen molar-refractivity contribution < 1.29 is 0 Å². The molecule has 1 unspecified atom stereocenters. The molecule has 0 aliphatic carbocycles. The fourth-order valence-electron chi connectivity index (χ4n) is 2.26. The maximum absolute atomic E-state index is 6.23. The summed E-state index contributed by atoms with van der Waals surface area (Å²) in [6, 6.07) is 6.64. The van der Waals surface area contributed by atoms with Crippen LogP contribution in [0.3, 0.4) is 0 Å². The predicted molar refractivity (Wildman–Crippen MR) is 84.9 cm³/mol. The van der Waals surface area contributed by atoms with E-state index in [1.165, 1.54) is 16.7 Å². The number of benzene rings is 1. The molecule has 4 N–H and O–H groups in total. The fourth-order valence-corrected chi connectivity index (χ4v) is 2.26. The third-order valence-corrected chi connectivity index (χ3v) is 3.16. The molecule has 0 fully saturated rings. The Kier molecular flexibility index (Phi) is 11.8. The predicted octanol–water partition coefficient (Wildman–Crippen LogP) is 3.39. The van der Waals surface area contributed by atoms with E-state index in [1.54, 1.807) is 0 Å². The number of nitrogens with two attached hydrogens (primary N) is 2. The van der Waals surface area contributed by atoms with Gasteiger partial charge in [-0.05, 0) is 48.9 Å². The van der Waals surface area contributed by atoms with Crippen LogP contribution in [0.1, 0.15) is 49.4 Å². The molecule has 0 aliphatic heterocycles. The van der Waals surface area contributed by atoms with Crippen LogP contribution >= 0.6 is 24.8 Å². The van der Waals surface area contributed by atoms with Crippen molar-refractivity contribution in [3.63, 3.8) is 0 Å². The Morgan fingerprint density at radius 2 is 1.78 bits per heavy atom. The van der Waals surface area contributed by atoms with Crippen molar-refractivity contribution in [1.82, 2.24) is 0 Å². The van der Waals surface area contributed by atoms with Crippen molar-refractivity contribution in [2.45, 2.75) is 45.6 Å². The van der Waals surface area contributed by atoms with Crippen molar-refractivity contribution >= 4 is 24.8 Å². The molecular weight excluding hydrogens is 267 g/mol. The molecule has 2 nitrogen and oxygen atoms in total. The minimum absolute atomic E-state index is 0. The molecule has 0 saturated carbocycles. The second kappa shape index (κ2) is 10.6. The van der Waals surface area contributed by atoms with E-state index in [1.807, 2.05) is 0 Å². The third kappa shape index (κ3) is 5.15. The van der Waals surface area contributed by atoms with Crippen LogP contribution in [0, 0.1) is 0 Å². The Morgan fingerprint density at radius 1 is 1.11 bits per heavy atom. The molecule has 1 rings (SSSR count). The van der Waals surface area contributed by atoms with Crippen LogP contribution in [0.15, 0.2) is 18.2 Å². The maximum atomic E-state index is 6.23. The topological polar surface area (TPSA) is 52.0 Å². The van der Waals surface area contributed by atoms with E-state index in [0.29, 0.717) is 0 Å². The highest BCUT2D eigenvalue weighted by Gasteiger charge is 2.11. The molecule has 0 aliphatic rings. The lowest BCUT2D eigenvalue weighted by Gasteiger charge is -2.18. The van der Waals surface area contributed by atoms with Crippen LogP contribution in [-0.2, 0) is 12.8 Å². The number of rotatable bonds is 6. The molecule has 0 amide bonds. The zero-order chi connectivity index (χ0) is 12.0. The molecule has 1 atom stereocenters. The normalized spacial score (nSPS) is 11.3. The molecule has 0 radical (unpaired) electrons. The highest BCUT2D eigenvalue weighted by atomic mass is 35.5. The Labute approximate surface area is 123 Å². The van der Waals surface area contributed by atoms with Crippen LogP contribution in [0.25, 0.3) is 0 Å². The second-order valence-corrected chi connectivity index (χ2v) is 4.23. The van der Waals surface area contributed by atoms with E-state index in [9.17, 15) is 0 Å². The van der Waals surface area contributed by atoms with Gasteiger partial charge in [-0.15, -0.1) is 24.8 Å². The molecule has 0 bridgehead atoms. The smallest absolute Gasteiger partial charge is 0.0298 e. The van der Waals surface area contributed by atoms with E-state index in [4.69, 9.17) is 11.5 Å². The molecule has 0 spiro atoms. The number of hydrogen-bond donors (Lipinski definition) is 2. The van der Waals surface area contributed by atoms with Crippen LogP contribution < -0.4 is 11.5 Å². The van der Waals surface area contributed by atoms with Gasteiger partial charge in [0.05, 0.1) is 0 Å². The first-order valence-corrected chi connectivity index (χ1v) is 6.30. The monoisotopic (exact) mass is 292 g/mol. The van der Waals surface area contributed by atoms with Gasteiger partial charge >= 0.3 is 0 Å². The molecule has 18 heavy (non-hydrogen) atoms. The summed E-state index contributed by atoms with van der Waals surface area (Å²) in [7, 11) is 0. The molecule has 4 heteroatoms. The average molecular weight is 293 g/mol. The standard InChI is InChI=1S/C14H24N2.2ClH/c1-3-11-7-5-8-13(12(11)4-2)14(16)9-6-10-15;;/h5,7-8,14H,3-4,6,9-10,15-16H2,1-2H3;2*1H. The highest BCUT2D eigenvalue weighted by molar-refractivity contribution is 5.85. The second-order valence-electron chi connectivity index (χ2n) is 4.23. The average Bonchev–Trinajstić information content (AvgIpc) is 2.34. The van der Waals surface area contributed by atoms with E-state index < -0.39 is 0 Å². The van der Waals surface area contributed by atoms with Crippen LogP contribution in [-0.4, -0.2) is 6.54 Å². The summed E-state index contributed by atoms with van der Waals surface area (Å²) in [5.74, 6) is 0. The number of halogens is 2. The van der Waals surface area contributed by atoms with Crippen molar-refractivity contribution in [3.05, 3.63) is 34.9 Å². The van der Waals surface area contributed by atoms with Gasteiger partial charge in [-0.2, -0.15) is 0 Å². The largest absolute Gasteiger partial charge is 0.330 e. The lowest BCUT2D eigenvalue weighted by atomic mass is 9.91. The lowest BCUT2D eigenvalue weighted by Crippen LogP contribution is -2.15. The first kappa shape index (κ1) is 20.0. The van der Waals surface area contributed by atoms with E-state index in [2.05, 4.69) is 32.0 Å². The maximum Gasteiger partial charge on any atom is 0.0298 e. The summed E-state index contributed by atoms with van der Waals surface area (Å²) < 4.78 is 0. The van der Waals surface area contributed by atoms with Gasteiger partial charge in [0.2, 0.25) is 0 Å². The number of hydrogen-bond acceptors (Lipinski definition) is 2. The Bertz CT molecular complexity index is 330. The van der Waals surface area contributed by atoms with Crippen LogP contribution in [0.5, 0.6) is 0 Å². The van der Waals surface area contributed by atoms with Gasteiger partial charge in [-0.3, -0.25) is 0 Å². The third-order valence-electron chi connectivity index (χ3n) is 3.16. The summed E-state index contributed by atoms with van der Waals surface area (Å²) in [6.45, 7) is 5.12. The minimum atomic E-state index is 0. The molecule has 0 saturated heterocycles. The van der Waals surface area contributed by atoms with Crippen LogP contribution in [0.4, 0.5) is 0 Å². The summed E-state index contributed by atoms with van der Waals surface area (Å²) in [6.07, 6.45) is 4.13. The minimum Gasteiger partial charge on any atom is -0.330 e. The van der Waals surface area contributed by atoms with Gasteiger partial charge in [0, 0.05) is 6.04 Å². The van der Waals surface area contributed by atoms with Gasteiger partial charge in [0.1, 0.15) is 0 Å². The first-order valence-electron chi connectivity index (χ1n) is 6.30. The SMILES string of the molecule is CCc1cccc(C(N)CCCN)c1CC.Cl.Cl. The fraction of sp³-hybridized carbons (Fsp3) is 0.571. The Balaban J connectivity index is 0. The molecule has 0 heterocycles. The highest BCUT2D eigenvalue weighted by Crippen LogP contribution is 2.24. The summed E-state index contributed by atoms with van der Waals surface area (Å²) in [5, 5.41) is 0. The van der Waals surface area contributed by atoms with Crippen molar-refractivity contribution in [2.75, 3.05) is 6.54 Å². The zero-order valence-corrected chi connectivity index (χ0v) is 12.9. The van der Waals surface area contributed by atoms with Crippen molar-refractivity contribution in [2.24, 2.45) is 11.5 Å². The zero-order valence-electron chi connectivity index (χ0n) is 11.3. The summed E-state index contributed by atoms with van der Waals surface area (Å²) >= 11 is 0. The summed E-state index contributed by atoms with van der Waals surface area (Å²) in [4.78, 5) is 0. The van der Waals surface area contributed by atoms with Gasteiger partial charge < -0.3 is 11.5 Å². The van der Waals surface area contributed by atoms with Gasteiger partial charge in [-0.1, -0.05) is 32.0 Å². The molecule has 106 valence electrons. The van der Waals surface area contributed by atoms with E-state index in [0.717, 1.165) is 32.2 Å². The Morgan fingerprint density at radius 3 is 2.28 bits per heavy atom. The van der Waals surface area contributed by atoms with Gasteiger partial charge in [0.25, 0.3) is 0 Å². The van der Waals surface area contributed by atoms with Gasteiger partial charge in [-0.25, -0.2) is 0 Å². The number of aryl methyl sites for hydroxylation is 1. The molecular formula is C14H26Cl2N2. The molecule has 0 aromatic heterocycles.